The molecule has 1 fully saturated rings. The molecule has 1 aliphatic rings. The lowest BCUT2D eigenvalue weighted by Crippen LogP contribution is -2.40. The van der Waals surface area contributed by atoms with Gasteiger partial charge in [-0.05, 0) is 31.0 Å². The van der Waals surface area contributed by atoms with Crippen molar-refractivity contribution in [3.63, 3.8) is 0 Å². The van der Waals surface area contributed by atoms with Crippen molar-refractivity contribution in [2.45, 2.75) is 18.9 Å². The Labute approximate surface area is 139 Å². The number of anilines is 1. The van der Waals surface area contributed by atoms with Gasteiger partial charge in [-0.15, -0.1) is 0 Å². The van der Waals surface area contributed by atoms with Crippen LogP contribution in [0.1, 0.15) is 12.8 Å². The van der Waals surface area contributed by atoms with Gasteiger partial charge in [-0.2, -0.15) is 5.10 Å². The summed E-state index contributed by atoms with van der Waals surface area (Å²) in [5, 5.41) is 5.37. The minimum Gasteiger partial charge on any atom is -0.355 e. The monoisotopic (exact) mass is 327 g/mol. The summed E-state index contributed by atoms with van der Waals surface area (Å²) < 4.78 is 1.88. The van der Waals surface area contributed by atoms with Crippen molar-refractivity contribution in [3.05, 3.63) is 47.7 Å². The lowest BCUT2D eigenvalue weighted by molar-refractivity contribution is 0.499. The van der Waals surface area contributed by atoms with Crippen LogP contribution in [0.25, 0.3) is 16.8 Å². The van der Waals surface area contributed by atoms with Crippen LogP contribution in [0.2, 0.25) is 5.02 Å². The summed E-state index contributed by atoms with van der Waals surface area (Å²) in [6.07, 6.45) is 5.67. The number of hydrogen-bond donors (Lipinski definition) is 1. The van der Waals surface area contributed by atoms with E-state index in [9.17, 15) is 0 Å². The van der Waals surface area contributed by atoms with Crippen LogP contribution < -0.4 is 10.6 Å². The van der Waals surface area contributed by atoms with E-state index in [1.165, 1.54) is 0 Å². The Hall–Kier alpha value is -2.11. The van der Waals surface area contributed by atoms with Gasteiger partial charge in [0.05, 0.1) is 5.69 Å². The van der Waals surface area contributed by atoms with Crippen LogP contribution in [0.3, 0.4) is 0 Å². The minimum absolute atomic E-state index is 0.304. The second kappa shape index (κ2) is 5.83. The van der Waals surface area contributed by atoms with Crippen molar-refractivity contribution in [1.82, 2.24) is 14.6 Å². The molecule has 3 heterocycles. The van der Waals surface area contributed by atoms with Gasteiger partial charge in [0.15, 0.2) is 5.82 Å². The lowest BCUT2D eigenvalue weighted by atomic mass is 10.1. The molecule has 1 aromatic carbocycles. The van der Waals surface area contributed by atoms with Crippen molar-refractivity contribution in [2.24, 2.45) is 5.73 Å². The van der Waals surface area contributed by atoms with Crippen LogP contribution in [0, 0.1) is 0 Å². The molecule has 0 spiro atoms. The predicted molar refractivity (Wildman–Crippen MR) is 92.9 cm³/mol. The number of nitrogens with two attached hydrogens (primary N) is 1. The van der Waals surface area contributed by atoms with Gasteiger partial charge in [-0.3, -0.25) is 0 Å². The molecule has 0 atom stereocenters. The van der Waals surface area contributed by atoms with Crippen LogP contribution >= 0.6 is 11.6 Å². The first-order valence-corrected chi connectivity index (χ1v) is 8.19. The molecule has 1 saturated heterocycles. The molecule has 0 bridgehead atoms. The van der Waals surface area contributed by atoms with Gasteiger partial charge in [-0.25, -0.2) is 9.50 Å². The number of nitrogens with zero attached hydrogens (tertiary/aromatic N) is 4. The molecule has 2 aromatic heterocycles. The van der Waals surface area contributed by atoms with E-state index in [-0.39, 0.29) is 0 Å². The highest BCUT2D eigenvalue weighted by molar-refractivity contribution is 6.30. The Morgan fingerprint density at radius 2 is 2.00 bits per heavy atom. The van der Waals surface area contributed by atoms with E-state index in [2.05, 4.69) is 21.0 Å². The third-order valence-electron chi connectivity index (χ3n) is 4.33. The highest BCUT2D eigenvalue weighted by Crippen LogP contribution is 2.27. The number of piperidine rings is 1. The molecule has 6 heteroatoms. The van der Waals surface area contributed by atoms with E-state index in [0.29, 0.717) is 11.1 Å². The quantitative estimate of drug-likeness (QED) is 0.786. The lowest BCUT2D eigenvalue weighted by Gasteiger charge is -2.31. The Kier molecular flexibility index (Phi) is 3.67. The Morgan fingerprint density at radius 1 is 1.17 bits per heavy atom. The molecule has 0 saturated carbocycles. The molecule has 0 radical (unpaired) electrons. The number of rotatable bonds is 2. The molecule has 1 aliphatic heterocycles. The first kappa shape index (κ1) is 14.5. The molecule has 4 rings (SSSR count). The summed E-state index contributed by atoms with van der Waals surface area (Å²) in [6.45, 7) is 1.87. The summed E-state index contributed by atoms with van der Waals surface area (Å²) in [5.41, 5.74) is 8.92. The zero-order chi connectivity index (χ0) is 15.8. The fourth-order valence-electron chi connectivity index (χ4n) is 3.05. The van der Waals surface area contributed by atoms with Crippen molar-refractivity contribution in [3.8, 4) is 11.3 Å². The summed E-state index contributed by atoms with van der Waals surface area (Å²) in [5.74, 6) is 0.972. The van der Waals surface area contributed by atoms with Gasteiger partial charge < -0.3 is 10.6 Å². The number of halogens is 1. The second-order valence-corrected chi connectivity index (χ2v) is 6.38. The van der Waals surface area contributed by atoms with Gasteiger partial charge in [0.2, 0.25) is 0 Å². The van der Waals surface area contributed by atoms with Crippen LogP contribution in [-0.2, 0) is 0 Å². The van der Waals surface area contributed by atoms with Crippen LogP contribution in [0.4, 0.5) is 5.82 Å². The van der Waals surface area contributed by atoms with Crippen LogP contribution in [0.15, 0.2) is 42.7 Å². The normalized spacial score (nSPS) is 16.2. The SMILES string of the molecule is NC1CCN(c2nccn3nc(-c4cccc(Cl)c4)cc23)CC1. The highest BCUT2D eigenvalue weighted by atomic mass is 35.5. The summed E-state index contributed by atoms with van der Waals surface area (Å²) >= 11 is 6.09. The summed E-state index contributed by atoms with van der Waals surface area (Å²) in [7, 11) is 0. The number of aromatic nitrogens is 3. The zero-order valence-electron chi connectivity index (χ0n) is 12.7. The average Bonchev–Trinajstić information content (AvgIpc) is 3.00. The number of benzene rings is 1. The fourth-order valence-corrected chi connectivity index (χ4v) is 3.24. The molecular weight excluding hydrogens is 310 g/mol. The molecule has 118 valence electrons. The Balaban J connectivity index is 1.76. The summed E-state index contributed by atoms with van der Waals surface area (Å²) in [4.78, 5) is 6.87. The van der Waals surface area contributed by atoms with Gasteiger partial charge in [0.1, 0.15) is 5.52 Å². The van der Waals surface area contributed by atoms with E-state index >= 15 is 0 Å². The van der Waals surface area contributed by atoms with Crippen molar-refractivity contribution < 1.29 is 0 Å². The van der Waals surface area contributed by atoms with Crippen molar-refractivity contribution >= 4 is 22.9 Å². The van der Waals surface area contributed by atoms with E-state index in [1.54, 1.807) is 6.20 Å². The average molecular weight is 328 g/mol. The first-order valence-electron chi connectivity index (χ1n) is 7.81. The maximum Gasteiger partial charge on any atom is 0.154 e. The minimum atomic E-state index is 0.304. The van der Waals surface area contributed by atoms with Crippen LogP contribution in [-0.4, -0.2) is 33.7 Å². The number of fused-ring (bicyclic) bond motifs is 1. The third kappa shape index (κ3) is 2.78. The standard InChI is InChI=1S/C17H18ClN5/c18-13-3-1-2-12(10-13)15-11-16-17(20-6-9-23(16)21-15)22-7-4-14(19)5-8-22/h1-3,6,9-11,14H,4-5,7-8,19H2. The van der Waals surface area contributed by atoms with Gasteiger partial charge in [0, 0.05) is 42.1 Å². The molecule has 0 aliphatic carbocycles. The second-order valence-electron chi connectivity index (χ2n) is 5.95. The van der Waals surface area contributed by atoms with Crippen molar-refractivity contribution in [2.75, 3.05) is 18.0 Å². The predicted octanol–water partition coefficient (Wildman–Crippen LogP) is 2.98. The Bertz CT molecular complexity index is 836. The smallest absolute Gasteiger partial charge is 0.154 e. The van der Waals surface area contributed by atoms with Gasteiger partial charge in [0.25, 0.3) is 0 Å². The fraction of sp³-hybridized carbons (Fsp3) is 0.294. The van der Waals surface area contributed by atoms with E-state index in [0.717, 1.165) is 48.5 Å². The third-order valence-corrected chi connectivity index (χ3v) is 4.56. The molecule has 3 aromatic rings. The van der Waals surface area contributed by atoms with Crippen LogP contribution in [0.5, 0.6) is 0 Å². The highest BCUT2D eigenvalue weighted by Gasteiger charge is 2.20. The molecular formula is C17H18ClN5. The van der Waals surface area contributed by atoms with Gasteiger partial charge in [-0.1, -0.05) is 23.7 Å². The number of hydrogen-bond acceptors (Lipinski definition) is 4. The van der Waals surface area contributed by atoms with Crippen molar-refractivity contribution in [1.29, 1.82) is 0 Å². The van der Waals surface area contributed by atoms with E-state index in [4.69, 9.17) is 17.3 Å². The van der Waals surface area contributed by atoms with E-state index in [1.807, 2.05) is 35.0 Å². The zero-order valence-corrected chi connectivity index (χ0v) is 13.4. The molecule has 2 N–H and O–H groups in total. The topological polar surface area (TPSA) is 59.5 Å². The molecule has 0 amide bonds. The molecule has 23 heavy (non-hydrogen) atoms. The maximum atomic E-state index is 6.09. The van der Waals surface area contributed by atoms with Gasteiger partial charge >= 0.3 is 0 Å². The summed E-state index contributed by atoms with van der Waals surface area (Å²) in [6, 6.07) is 10.1. The molecule has 0 unspecified atom stereocenters. The first-order chi connectivity index (χ1) is 11.2. The van der Waals surface area contributed by atoms with E-state index < -0.39 is 0 Å². The maximum absolute atomic E-state index is 6.09. The molecule has 5 nitrogen and oxygen atoms in total. The Morgan fingerprint density at radius 3 is 2.78 bits per heavy atom. The largest absolute Gasteiger partial charge is 0.355 e.